The number of fused-ring (bicyclic) bond motifs is 1. The van der Waals surface area contributed by atoms with Crippen LogP contribution in [0.4, 0.5) is 0 Å². The molecular weight excluding hydrogens is 238 g/mol. The second-order valence-electron chi connectivity index (χ2n) is 3.52. The maximum absolute atomic E-state index is 12.0. The lowest BCUT2D eigenvalue weighted by atomic mass is 10.2. The van der Waals surface area contributed by atoms with Crippen molar-refractivity contribution in [3.05, 3.63) is 40.2 Å². The van der Waals surface area contributed by atoms with Crippen molar-refractivity contribution in [2.24, 2.45) is 5.16 Å². The molecule has 0 unspecified atom stereocenters. The fourth-order valence-corrected chi connectivity index (χ4v) is 1.51. The molecule has 0 saturated heterocycles. The molecule has 1 heterocycles. The van der Waals surface area contributed by atoms with Crippen LogP contribution in [0.5, 0.6) is 5.75 Å². The van der Waals surface area contributed by atoms with Crippen LogP contribution in [0.1, 0.15) is 12.5 Å². The molecule has 6 nitrogen and oxygen atoms in total. The van der Waals surface area contributed by atoms with Crippen LogP contribution in [-0.2, 0) is 4.79 Å². The number of hydrogen-bond donors (Lipinski definition) is 1. The zero-order chi connectivity index (χ0) is 13.1. The number of carbonyl (C=O) groups is 1. The Balaban J connectivity index is 2.62. The molecule has 1 aromatic heterocycles. The number of carbonyl (C=O) groups excluding carboxylic acids is 1. The molecule has 0 amide bonds. The summed E-state index contributed by atoms with van der Waals surface area (Å²) in [6, 6.07) is 4.44. The monoisotopic (exact) mass is 247 g/mol. The third kappa shape index (κ3) is 2.22. The second kappa shape index (κ2) is 4.70. The standard InChI is InChI=1S/C12H9NO5/c1-7(14)18-9-2-3-11-10(4-9)12(15)8(5-13-16)6-17-11/h2-6,16H,1H3. The van der Waals surface area contributed by atoms with E-state index in [1.165, 1.54) is 31.4 Å². The first-order valence-corrected chi connectivity index (χ1v) is 5.03. The second-order valence-corrected chi connectivity index (χ2v) is 3.52. The van der Waals surface area contributed by atoms with E-state index in [2.05, 4.69) is 5.16 Å². The molecule has 1 aromatic carbocycles. The summed E-state index contributed by atoms with van der Waals surface area (Å²) in [6.07, 6.45) is 2.17. The van der Waals surface area contributed by atoms with Crippen molar-refractivity contribution in [3.63, 3.8) is 0 Å². The van der Waals surface area contributed by atoms with E-state index in [9.17, 15) is 9.59 Å². The van der Waals surface area contributed by atoms with E-state index in [1.54, 1.807) is 0 Å². The van der Waals surface area contributed by atoms with Gasteiger partial charge in [0, 0.05) is 6.92 Å². The maximum Gasteiger partial charge on any atom is 0.308 e. The number of rotatable bonds is 2. The van der Waals surface area contributed by atoms with E-state index in [0.717, 1.165) is 6.21 Å². The number of oxime groups is 1. The zero-order valence-electron chi connectivity index (χ0n) is 9.41. The zero-order valence-corrected chi connectivity index (χ0v) is 9.41. The van der Waals surface area contributed by atoms with Crippen LogP contribution in [-0.4, -0.2) is 17.4 Å². The topological polar surface area (TPSA) is 89.1 Å². The van der Waals surface area contributed by atoms with Gasteiger partial charge in [0.1, 0.15) is 17.6 Å². The molecule has 0 bridgehead atoms. The predicted molar refractivity (Wildman–Crippen MR) is 63.2 cm³/mol. The molecule has 0 spiro atoms. The highest BCUT2D eigenvalue weighted by atomic mass is 16.5. The van der Waals surface area contributed by atoms with Gasteiger partial charge in [-0.15, -0.1) is 0 Å². The highest BCUT2D eigenvalue weighted by molar-refractivity contribution is 5.87. The Morgan fingerprint density at radius 2 is 2.28 bits per heavy atom. The number of benzene rings is 1. The van der Waals surface area contributed by atoms with Crippen LogP contribution < -0.4 is 10.2 Å². The summed E-state index contributed by atoms with van der Waals surface area (Å²) in [5.41, 5.74) is 0.0824. The van der Waals surface area contributed by atoms with Crippen LogP contribution in [0.15, 0.2) is 38.8 Å². The van der Waals surface area contributed by atoms with Crippen LogP contribution in [0.2, 0.25) is 0 Å². The van der Waals surface area contributed by atoms with Crippen molar-refractivity contribution in [2.75, 3.05) is 0 Å². The van der Waals surface area contributed by atoms with Gasteiger partial charge in [-0.05, 0) is 18.2 Å². The third-order valence-electron chi connectivity index (χ3n) is 2.23. The molecule has 0 atom stereocenters. The highest BCUT2D eigenvalue weighted by Crippen LogP contribution is 2.18. The van der Waals surface area contributed by atoms with Gasteiger partial charge in [0.05, 0.1) is 17.2 Å². The Hall–Kier alpha value is -2.63. The molecule has 92 valence electrons. The SMILES string of the molecule is CC(=O)Oc1ccc2occ(C=NO)c(=O)c2c1. The number of ether oxygens (including phenoxy) is 1. The number of hydrogen-bond acceptors (Lipinski definition) is 6. The molecule has 0 radical (unpaired) electrons. The van der Waals surface area contributed by atoms with Gasteiger partial charge < -0.3 is 14.4 Å². The van der Waals surface area contributed by atoms with Gasteiger partial charge in [-0.1, -0.05) is 5.16 Å². The average Bonchev–Trinajstić information content (AvgIpc) is 2.33. The first-order chi connectivity index (χ1) is 8.61. The molecule has 18 heavy (non-hydrogen) atoms. The maximum atomic E-state index is 12.0. The fourth-order valence-electron chi connectivity index (χ4n) is 1.51. The van der Waals surface area contributed by atoms with Crippen LogP contribution in [0.3, 0.4) is 0 Å². The lowest BCUT2D eigenvalue weighted by molar-refractivity contribution is -0.131. The molecular formula is C12H9NO5. The quantitative estimate of drug-likeness (QED) is 0.286. The van der Waals surface area contributed by atoms with E-state index in [4.69, 9.17) is 14.4 Å². The van der Waals surface area contributed by atoms with E-state index < -0.39 is 5.97 Å². The Morgan fingerprint density at radius 1 is 1.50 bits per heavy atom. The van der Waals surface area contributed by atoms with Crippen molar-refractivity contribution in [3.8, 4) is 5.75 Å². The molecule has 2 rings (SSSR count). The van der Waals surface area contributed by atoms with E-state index >= 15 is 0 Å². The summed E-state index contributed by atoms with van der Waals surface area (Å²) in [7, 11) is 0. The van der Waals surface area contributed by atoms with Gasteiger partial charge in [-0.2, -0.15) is 0 Å². The summed E-state index contributed by atoms with van der Waals surface area (Å²) >= 11 is 0. The van der Waals surface area contributed by atoms with Crippen molar-refractivity contribution in [2.45, 2.75) is 6.92 Å². The van der Waals surface area contributed by atoms with E-state index in [1.807, 2.05) is 0 Å². The normalized spacial score (nSPS) is 10.9. The summed E-state index contributed by atoms with van der Waals surface area (Å²) in [4.78, 5) is 22.8. The molecule has 6 heteroatoms. The molecule has 1 N–H and O–H groups in total. The van der Waals surface area contributed by atoms with Gasteiger partial charge in [0.25, 0.3) is 0 Å². The van der Waals surface area contributed by atoms with Gasteiger partial charge in [0.2, 0.25) is 5.43 Å². The molecule has 0 aliphatic rings. The van der Waals surface area contributed by atoms with Gasteiger partial charge in [-0.25, -0.2) is 0 Å². The van der Waals surface area contributed by atoms with Crippen LogP contribution in [0.25, 0.3) is 11.0 Å². The molecule has 0 aliphatic carbocycles. The predicted octanol–water partition coefficient (Wildman–Crippen LogP) is 1.53. The Bertz CT molecular complexity index is 686. The van der Waals surface area contributed by atoms with Crippen LogP contribution in [0, 0.1) is 0 Å². The van der Waals surface area contributed by atoms with Crippen molar-refractivity contribution in [1.29, 1.82) is 0 Å². The van der Waals surface area contributed by atoms with Gasteiger partial charge in [-0.3, -0.25) is 9.59 Å². The Kier molecular flexibility index (Phi) is 3.09. The lowest BCUT2D eigenvalue weighted by Gasteiger charge is -2.02. The Labute approximate surface area is 101 Å². The summed E-state index contributed by atoms with van der Waals surface area (Å²) in [5.74, 6) is -0.229. The minimum Gasteiger partial charge on any atom is -0.463 e. The largest absolute Gasteiger partial charge is 0.463 e. The highest BCUT2D eigenvalue weighted by Gasteiger charge is 2.08. The minimum atomic E-state index is -0.480. The number of nitrogens with zero attached hydrogens (tertiary/aromatic N) is 1. The van der Waals surface area contributed by atoms with E-state index in [0.29, 0.717) is 5.58 Å². The van der Waals surface area contributed by atoms with Crippen LogP contribution >= 0.6 is 0 Å². The van der Waals surface area contributed by atoms with Crippen molar-refractivity contribution < 1.29 is 19.2 Å². The minimum absolute atomic E-state index is 0.102. The summed E-state index contributed by atoms with van der Waals surface area (Å²) in [6.45, 7) is 1.27. The fraction of sp³-hybridized carbons (Fsp3) is 0.0833. The number of esters is 1. The van der Waals surface area contributed by atoms with Gasteiger partial charge >= 0.3 is 5.97 Å². The van der Waals surface area contributed by atoms with Crippen molar-refractivity contribution >= 4 is 23.2 Å². The molecule has 0 fully saturated rings. The molecule has 0 saturated carbocycles. The van der Waals surface area contributed by atoms with Gasteiger partial charge in [0.15, 0.2) is 0 Å². The molecule has 2 aromatic rings. The third-order valence-corrected chi connectivity index (χ3v) is 2.23. The Morgan fingerprint density at radius 3 is 2.94 bits per heavy atom. The molecule has 0 aliphatic heterocycles. The summed E-state index contributed by atoms with van der Waals surface area (Å²) in [5, 5.41) is 11.4. The smallest absolute Gasteiger partial charge is 0.308 e. The first kappa shape index (κ1) is 11.8. The first-order valence-electron chi connectivity index (χ1n) is 5.03. The van der Waals surface area contributed by atoms with Crippen molar-refractivity contribution in [1.82, 2.24) is 0 Å². The summed E-state index contributed by atoms with van der Waals surface area (Å²) < 4.78 is 10.1. The average molecular weight is 247 g/mol. The lowest BCUT2D eigenvalue weighted by Crippen LogP contribution is -2.08. The van der Waals surface area contributed by atoms with E-state index in [-0.39, 0.29) is 22.1 Å².